The number of halogens is 1. The molecule has 2 aromatic rings. The van der Waals surface area contributed by atoms with E-state index in [1.807, 2.05) is 25.1 Å². The number of rotatable bonds is 6. The maximum absolute atomic E-state index is 13.6. The third-order valence-corrected chi connectivity index (χ3v) is 2.87. The number of nitriles is 1. The molecule has 108 valence electrons. The Morgan fingerprint density at radius 3 is 2.33 bits per heavy atom. The molecule has 0 fully saturated rings. The Morgan fingerprint density at radius 1 is 1.05 bits per heavy atom. The van der Waals surface area contributed by atoms with Crippen LogP contribution in [0.15, 0.2) is 42.5 Å². The minimum Gasteiger partial charge on any atom is -0.494 e. The van der Waals surface area contributed by atoms with Crippen LogP contribution in [0.2, 0.25) is 0 Å². The van der Waals surface area contributed by atoms with Crippen LogP contribution in [-0.2, 0) is 6.61 Å². The maximum atomic E-state index is 13.6. The van der Waals surface area contributed by atoms with E-state index in [2.05, 4.69) is 0 Å². The zero-order valence-electron chi connectivity index (χ0n) is 11.8. The lowest BCUT2D eigenvalue weighted by Gasteiger charge is -2.09. The number of hydrogen-bond acceptors (Lipinski definition) is 3. The Labute approximate surface area is 123 Å². The molecule has 0 N–H and O–H groups in total. The molecule has 4 heteroatoms. The molecule has 0 amide bonds. The molecule has 0 unspecified atom stereocenters. The summed E-state index contributed by atoms with van der Waals surface area (Å²) in [5.74, 6) is 1.03. The molecule has 0 heterocycles. The summed E-state index contributed by atoms with van der Waals surface area (Å²) < 4.78 is 24.6. The normalized spacial score (nSPS) is 9.95. The first kappa shape index (κ1) is 14.9. The molecule has 0 radical (unpaired) electrons. The second-order valence-corrected chi connectivity index (χ2v) is 4.53. The van der Waals surface area contributed by atoms with Gasteiger partial charge in [-0.1, -0.05) is 6.92 Å². The van der Waals surface area contributed by atoms with Gasteiger partial charge in [-0.25, -0.2) is 4.39 Å². The van der Waals surface area contributed by atoms with Crippen molar-refractivity contribution >= 4 is 0 Å². The van der Waals surface area contributed by atoms with Gasteiger partial charge in [0, 0.05) is 5.56 Å². The summed E-state index contributed by atoms with van der Waals surface area (Å²) >= 11 is 0. The highest BCUT2D eigenvalue weighted by molar-refractivity contribution is 5.34. The first-order valence-corrected chi connectivity index (χ1v) is 6.77. The molecule has 0 atom stereocenters. The van der Waals surface area contributed by atoms with Gasteiger partial charge in [0.25, 0.3) is 0 Å². The van der Waals surface area contributed by atoms with E-state index in [9.17, 15) is 4.39 Å². The molecule has 0 spiro atoms. The smallest absolute Gasteiger partial charge is 0.129 e. The molecule has 2 aromatic carbocycles. The lowest BCUT2D eigenvalue weighted by Crippen LogP contribution is -1.99. The van der Waals surface area contributed by atoms with Crippen LogP contribution >= 0.6 is 0 Å². The fraction of sp³-hybridized carbons (Fsp3) is 0.235. The fourth-order valence-corrected chi connectivity index (χ4v) is 1.77. The zero-order valence-corrected chi connectivity index (χ0v) is 11.8. The summed E-state index contributed by atoms with van der Waals surface area (Å²) in [6, 6.07) is 13.4. The van der Waals surface area contributed by atoms with Crippen LogP contribution in [0.4, 0.5) is 4.39 Å². The molecule has 0 aliphatic heterocycles. The van der Waals surface area contributed by atoms with Crippen molar-refractivity contribution in [3.05, 3.63) is 59.4 Å². The molecule has 0 bridgehead atoms. The first-order valence-electron chi connectivity index (χ1n) is 6.77. The quantitative estimate of drug-likeness (QED) is 0.803. The summed E-state index contributed by atoms with van der Waals surface area (Å²) in [5, 5.41) is 8.81. The summed E-state index contributed by atoms with van der Waals surface area (Å²) in [5.41, 5.74) is 0.777. The largest absolute Gasteiger partial charge is 0.494 e. The molecule has 0 saturated heterocycles. The lowest BCUT2D eigenvalue weighted by molar-refractivity contribution is 0.296. The van der Waals surface area contributed by atoms with Crippen LogP contribution in [-0.4, -0.2) is 6.61 Å². The topological polar surface area (TPSA) is 42.2 Å². The number of benzene rings is 2. The van der Waals surface area contributed by atoms with Crippen LogP contribution < -0.4 is 9.47 Å². The Hall–Kier alpha value is -2.54. The Morgan fingerprint density at radius 2 is 1.71 bits per heavy atom. The van der Waals surface area contributed by atoms with Gasteiger partial charge in [0.1, 0.15) is 23.9 Å². The minimum absolute atomic E-state index is 0.0799. The molecule has 21 heavy (non-hydrogen) atoms. The van der Waals surface area contributed by atoms with Crippen molar-refractivity contribution < 1.29 is 13.9 Å². The molecule has 0 saturated carbocycles. The fourth-order valence-electron chi connectivity index (χ4n) is 1.77. The highest BCUT2D eigenvalue weighted by atomic mass is 19.1. The number of ether oxygens (including phenoxy) is 2. The Balaban J connectivity index is 1.98. The van der Waals surface area contributed by atoms with Gasteiger partial charge in [-0.05, 0) is 48.9 Å². The van der Waals surface area contributed by atoms with Gasteiger partial charge in [0.2, 0.25) is 0 Å². The van der Waals surface area contributed by atoms with E-state index in [1.165, 1.54) is 18.2 Å². The number of hydrogen-bond donors (Lipinski definition) is 0. The van der Waals surface area contributed by atoms with E-state index in [0.29, 0.717) is 23.5 Å². The summed E-state index contributed by atoms with van der Waals surface area (Å²) in [4.78, 5) is 0. The van der Waals surface area contributed by atoms with Crippen molar-refractivity contribution in [2.45, 2.75) is 20.0 Å². The van der Waals surface area contributed by atoms with Gasteiger partial charge in [-0.3, -0.25) is 0 Å². The molecule has 0 aliphatic carbocycles. The second kappa shape index (κ2) is 7.30. The van der Waals surface area contributed by atoms with Crippen molar-refractivity contribution in [3.63, 3.8) is 0 Å². The van der Waals surface area contributed by atoms with Gasteiger partial charge in [0.15, 0.2) is 0 Å². The van der Waals surface area contributed by atoms with Gasteiger partial charge < -0.3 is 9.47 Å². The van der Waals surface area contributed by atoms with E-state index >= 15 is 0 Å². The molecule has 0 aromatic heterocycles. The van der Waals surface area contributed by atoms with Crippen molar-refractivity contribution in [1.82, 2.24) is 0 Å². The van der Waals surface area contributed by atoms with Crippen LogP contribution in [0.5, 0.6) is 11.5 Å². The van der Waals surface area contributed by atoms with Gasteiger partial charge >= 0.3 is 0 Å². The predicted molar refractivity (Wildman–Crippen MR) is 77.7 cm³/mol. The monoisotopic (exact) mass is 285 g/mol. The average Bonchev–Trinajstić information content (AvgIpc) is 2.53. The van der Waals surface area contributed by atoms with Crippen LogP contribution in [0, 0.1) is 17.1 Å². The highest BCUT2D eigenvalue weighted by Gasteiger charge is 2.05. The summed E-state index contributed by atoms with van der Waals surface area (Å²) in [6.07, 6.45) is 0.951. The van der Waals surface area contributed by atoms with E-state index in [0.717, 1.165) is 12.2 Å². The van der Waals surface area contributed by atoms with E-state index < -0.39 is 0 Å². The van der Waals surface area contributed by atoms with Crippen LogP contribution in [0.3, 0.4) is 0 Å². The molecule has 0 aliphatic rings. The highest BCUT2D eigenvalue weighted by Crippen LogP contribution is 2.20. The van der Waals surface area contributed by atoms with E-state index in [-0.39, 0.29) is 12.4 Å². The lowest BCUT2D eigenvalue weighted by atomic mass is 10.1. The summed E-state index contributed by atoms with van der Waals surface area (Å²) in [7, 11) is 0. The van der Waals surface area contributed by atoms with E-state index in [4.69, 9.17) is 14.7 Å². The van der Waals surface area contributed by atoms with E-state index in [1.54, 1.807) is 12.1 Å². The number of nitrogens with zero attached hydrogens (tertiary/aromatic N) is 1. The predicted octanol–water partition coefficient (Wildman–Crippen LogP) is 4.07. The Bertz CT molecular complexity index is 632. The van der Waals surface area contributed by atoms with Crippen molar-refractivity contribution in [2.75, 3.05) is 6.61 Å². The molecular formula is C17H16FNO2. The van der Waals surface area contributed by atoms with Crippen molar-refractivity contribution in [1.29, 1.82) is 5.26 Å². The van der Waals surface area contributed by atoms with Crippen molar-refractivity contribution in [3.8, 4) is 17.6 Å². The summed E-state index contributed by atoms with van der Waals surface area (Å²) in [6.45, 7) is 2.80. The third kappa shape index (κ3) is 4.22. The Kier molecular flexibility index (Phi) is 5.16. The van der Waals surface area contributed by atoms with Crippen molar-refractivity contribution in [2.24, 2.45) is 0 Å². The van der Waals surface area contributed by atoms with Crippen LogP contribution in [0.1, 0.15) is 24.5 Å². The molecular weight excluding hydrogens is 269 g/mol. The SMILES string of the molecule is CCCOc1ccc(OCc2cc(C#N)ccc2F)cc1. The second-order valence-electron chi connectivity index (χ2n) is 4.53. The third-order valence-electron chi connectivity index (χ3n) is 2.87. The first-order chi connectivity index (χ1) is 10.2. The zero-order chi connectivity index (χ0) is 15.1. The van der Waals surface area contributed by atoms with Gasteiger partial charge in [0.05, 0.1) is 18.2 Å². The van der Waals surface area contributed by atoms with Gasteiger partial charge in [-0.15, -0.1) is 0 Å². The van der Waals surface area contributed by atoms with Gasteiger partial charge in [-0.2, -0.15) is 5.26 Å². The maximum Gasteiger partial charge on any atom is 0.129 e. The standard InChI is InChI=1S/C17H16FNO2/c1-2-9-20-15-4-6-16(7-5-15)21-12-14-10-13(11-19)3-8-17(14)18/h3-8,10H,2,9,12H2,1H3. The van der Waals surface area contributed by atoms with Crippen LogP contribution in [0.25, 0.3) is 0 Å². The molecule has 2 rings (SSSR count). The average molecular weight is 285 g/mol. The molecule has 3 nitrogen and oxygen atoms in total. The minimum atomic E-state index is -0.378.